The number of primary amides is 1. The Hall–Kier alpha value is -3.85. The summed E-state index contributed by atoms with van der Waals surface area (Å²) in [6.45, 7) is 0.391. The Morgan fingerprint density at radius 1 is 0.912 bits per heavy atom. The van der Waals surface area contributed by atoms with Crippen molar-refractivity contribution in [3.05, 3.63) is 101 Å². The second-order valence-corrected chi connectivity index (χ2v) is 7.61. The zero-order valence-electron chi connectivity index (χ0n) is 18.0. The normalized spacial score (nSPS) is 13.1. The van der Waals surface area contributed by atoms with Gasteiger partial charge < -0.3 is 20.9 Å². The smallest absolute Gasteiger partial charge is 0.416 e. The standard InChI is InChI=1S/C25H23F3N2O4/c26-25(27,28)19-10-8-18(9-11-19)22(31)24(33)30-21(23(29)32)14-16-6-12-20(13-7-16)34-15-17-4-2-1-3-5-17/h1-13,21-22,31H,14-15H2,(H2,29,32)(H,30,33)/t21-,22+/m0/s1. The molecule has 0 unspecified atom stereocenters. The maximum Gasteiger partial charge on any atom is 0.416 e. The highest BCUT2D eigenvalue weighted by Gasteiger charge is 2.31. The number of hydrogen-bond acceptors (Lipinski definition) is 4. The third-order valence-electron chi connectivity index (χ3n) is 5.07. The van der Waals surface area contributed by atoms with E-state index in [1.807, 2.05) is 30.3 Å². The highest BCUT2D eigenvalue weighted by Crippen LogP contribution is 2.30. The van der Waals surface area contributed by atoms with Gasteiger partial charge in [-0.15, -0.1) is 0 Å². The lowest BCUT2D eigenvalue weighted by Crippen LogP contribution is -2.47. The van der Waals surface area contributed by atoms with Crippen LogP contribution in [0.25, 0.3) is 0 Å². The molecule has 0 saturated heterocycles. The van der Waals surface area contributed by atoms with Gasteiger partial charge in [0.25, 0.3) is 5.91 Å². The molecule has 0 aliphatic rings. The van der Waals surface area contributed by atoms with E-state index in [2.05, 4.69) is 5.32 Å². The van der Waals surface area contributed by atoms with Gasteiger partial charge in [-0.3, -0.25) is 9.59 Å². The molecule has 0 fully saturated rings. The van der Waals surface area contributed by atoms with Crippen molar-refractivity contribution in [2.45, 2.75) is 31.3 Å². The first kappa shape index (κ1) is 24.8. The number of halogens is 3. The molecule has 4 N–H and O–H groups in total. The molecular weight excluding hydrogens is 449 g/mol. The van der Waals surface area contributed by atoms with Crippen LogP contribution < -0.4 is 15.8 Å². The van der Waals surface area contributed by atoms with Gasteiger partial charge >= 0.3 is 6.18 Å². The van der Waals surface area contributed by atoms with Crippen molar-refractivity contribution in [3.8, 4) is 5.75 Å². The zero-order valence-corrected chi connectivity index (χ0v) is 18.0. The third-order valence-corrected chi connectivity index (χ3v) is 5.07. The number of aliphatic hydroxyl groups excluding tert-OH is 1. The first-order valence-corrected chi connectivity index (χ1v) is 10.3. The van der Waals surface area contributed by atoms with E-state index >= 15 is 0 Å². The molecule has 3 aromatic carbocycles. The van der Waals surface area contributed by atoms with Crippen LogP contribution in [0.3, 0.4) is 0 Å². The van der Waals surface area contributed by atoms with E-state index in [-0.39, 0.29) is 12.0 Å². The van der Waals surface area contributed by atoms with Crippen LogP contribution in [-0.4, -0.2) is 23.0 Å². The number of benzene rings is 3. The minimum absolute atomic E-state index is 0.0476. The van der Waals surface area contributed by atoms with Crippen LogP contribution >= 0.6 is 0 Å². The van der Waals surface area contributed by atoms with Gasteiger partial charge in [0, 0.05) is 6.42 Å². The van der Waals surface area contributed by atoms with Gasteiger partial charge in [-0.2, -0.15) is 13.2 Å². The average molecular weight is 472 g/mol. The summed E-state index contributed by atoms with van der Waals surface area (Å²) in [5.74, 6) is -1.16. The number of carbonyl (C=O) groups excluding carboxylic acids is 2. The van der Waals surface area contributed by atoms with Crippen molar-refractivity contribution < 1.29 is 32.6 Å². The first-order chi connectivity index (χ1) is 16.1. The molecule has 2 amide bonds. The van der Waals surface area contributed by atoms with Crippen molar-refractivity contribution in [1.82, 2.24) is 5.32 Å². The topological polar surface area (TPSA) is 102 Å². The van der Waals surface area contributed by atoms with Gasteiger partial charge in [0.15, 0.2) is 6.10 Å². The predicted molar refractivity (Wildman–Crippen MR) is 118 cm³/mol. The van der Waals surface area contributed by atoms with Crippen LogP contribution in [-0.2, 0) is 28.8 Å². The Morgan fingerprint density at radius 2 is 1.53 bits per heavy atom. The zero-order chi connectivity index (χ0) is 24.7. The molecule has 6 nitrogen and oxygen atoms in total. The lowest BCUT2D eigenvalue weighted by molar-refractivity contribution is -0.137. The van der Waals surface area contributed by atoms with Crippen molar-refractivity contribution in [2.24, 2.45) is 5.73 Å². The van der Waals surface area contributed by atoms with Gasteiger partial charge in [0.1, 0.15) is 18.4 Å². The van der Waals surface area contributed by atoms with Gasteiger partial charge in [-0.1, -0.05) is 54.6 Å². The number of hydrogen-bond donors (Lipinski definition) is 3. The number of alkyl halides is 3. The van der Waals surface area contributed by atoms with Gasteiger partial charge in [-0.25, -0.2) is 0 Å². The lowest BCUT2D eigenvalue weighted by Gasteiger charge is -2.19. The molecular formula is C25H23F3N2O4. The van der Waals surface area contributed by atoms with E-state index in [1.165, 1.54) is 0 Å². The molecule has 0 aliphatic carbocycles. The Bertz CT molecular complexity index is 1100. The van der Waals surface area contributed by atoms with E-state index in [4.69, 9.17) is 10.5 Å². The second kappa shape index (κ2) is 10.8. The van der Waals surface area contributed by atoms with Crippen molar-refractivity contribution >= 4 is 11.8 Å². The Balaban J connectivity index is 1.59. The van der Waals surface area contributed by atoms with E-state index in [0.29, 0.717) is 17.9 Å². The fourth-order valence-electron chi connectivity index (χ4n) is 3.18. The van der Waals surface area contributed by atoms with Crippen molar-refractivity contribution in [2.75, 3.05) is 0 Å². The van der Waals surface area contributed by atoms with Crippen LogP contribution in [0.15, 0.2) is 78.9 Å². The largest absolute Gasteiger partial charge is 0.489 e. The van der Waals surface area contributed by atoms with E-state index in [0.717, 1.165) is 29.8 Å². The van der Waals surface area contributed by atoms with E-state index in [1.54, 1.807) is 24.3 Å². The molecule has 0 radical (unpaired) electrons. The van der Waals surface area contributed by atoms with Crippen LogP contribution in [0.4, 0.5) is 13.2 Å². The van der Waals surface area contributed by atoms with E-state index in [9.17, 15) is 27.9 Å². The number of nitrogens with one attached hydrogen (secondary N) is 1. The minimum Gasteiger partial charge on any atom is -0.489 e. The van der Waals surface area contributed by atoms with Crippen molar-refractivity contribution in [1.29, 1.82) is 0 Å². The predicted octanol–water partition coefficient (Wildman–Crippen LogP) is 3.53. The third kappa shape index (κ3) is 6.82. The molecule has 3 rings (SSSR count). The molecule has 0 aliphatic heterocycles. The number of amides is 2. The maximum atomic E-state index is 12.7. The fraction of sp³-hybridized carbons (Fsp3) is 0.200. The summed E-state index contributed by atoms with van der Waals surface area (Å²) in [6, 6.07) is 18.9. The lowest BCUT2D eigenvalue weighted by atomic mass is 10.0. The number of aliphatic hydroxyl groups is 1. The summed E-state index contributed by atoms with van der Waals surface area (Å²) in [5.41, 5.74) is 6.13. The minimum atomic E-state index is -4.54. The van der Waals surface area contributed by atoms with Crippen LogP contribution in [0.5, 0.6) is 5.75 Å². The number of nitrogens with two attached hydrogens (primary N) is 1. The Labute approximate surface area is 194 Å². The number of carbonyl (C=O) groups is 2. The second-order valence-electron chi connectivity index (χ2n) is 7.61. The summed E-state index contributed by atoms with van der Waals surface area (Å²) in [4.78, 5) is 24.2. The van der Waals surface area contributed by atoms with Crippen LogP contribution in [0, 0.1) is 0 Å². The Morgan fingerprint density at radius 3 is 2.09 bits per heavy atom. The molecule has 3 aromatic rings. The van der Waals surface area contributed by atoms with Gasteiger partial charge in [-0.05, 0) is 41.0 Å². The monoisotopic (exact) mass is 472 g/mol. The quantitative estimate of drug-likeness (QED) is 0.444. The molecule has 0 spiro atoms. The van der Waals surface area contributed by atoms with Gasteiger partial charge in [0.05, 0.1) is 5.56 Å². The first-order valence-electron chi connectivity index (χ1n) is 10.3. The highest BCUT2D eigenvalue weighted by molar-refractivity contribution is 5.89. The molecule has 0 aromatic heterocycles. The number of ether oxygens (including phenoxy) is 1. The summed E-state index contributed by atoms with van der Waals surface area (Å²) in [7, 11) is 0. The molecule has 178 valence electrons. The summed E-state index contributed by atoms with van der Waals surface area (Å²) < 4.78 is 43.8. The SMILES string of the molecule is NC(=O)[C@H](Cc1ccc(OCc2ccccc2)cc1)NC(=O)[C@H](O)c1ccc(C(F)(F)F)cc1. The molecule has 9 heteroatoms. The molecule has 0 saturated carbocycles. The van der Waals surface area contributed by atoms with Gasteiger partial charge in [0.2, 0.25) is 5.91 Å². The van der Waals surface area contributed by atoms with Crippen molar-refractivity contribution in [3.63, 3.8) is 0 Å². The number of rotatable bonds is 9. The summed E-state index contributed by atoms with van der Waals surface area (Å²) in [6.07, 6.45) is -6.25. The molecule has 34 heavy (non-hydrogen) atoms. The fourth-order valence-corrected chi connectivity index (χ4v) is 3.18. The summed E-state index contributed by atoms with van der Waals surface area (Å²) in [5, 5.41) is 12.6. The molecule has 2 atom stereocenters. The Kier molecular flexibility index (Phi) is 7.91. The van der Waals surface area contributed by atoms with Crippen LogP contribution in [0.2, 0.25) is 0 Å². The highest BCUT2D eigenvalue weighted by atomic mass is 19.4. The molecule has 0 bridgehead atoms. The van der Waals surface area contributed by atoms with E-state index < -0.39 is 35.7 Å². The average Bonchev–Trinajstić information content (AvgIpc) is 2.82. The van der Waals surface area contributed by atoms with Crippen LogP contribution in [0.1, 0.15) is 28.4 Å². The maximum absolute atomic E-state index is 12.7. The molecule has 0 heterocycles. The summed E-state index contributed by atoms with van der Waals surface area (Å²) >= 11 is 0.